The van der Waals surface area contributed by atoms with Crippen LogP contribution in [0.3, 0.4) is 0 Å². The summed E-state index contributed by atoms with van der Waals surface area (Å²) < 4.78 is 0. The quantitative estimate of drug-likeness (QED) is 0.901. The largest absolute Gasteiger partial charge is 0.378 e. The van der Waals surface area contributed by atoms with Crippen LogP contribution in [-0.2, 0) is 6.42 Å². The van der Waals surface area contributed by atoms with Crippen molar-refractivity contribution in [1.82, 2.24) is 4.90 Å². The lowest BCUT2D eigenvalue weighted by Gasteiger charge is -2.37. The van der Waals surface area contributed by atoms with Crippen LogP contribution in [0.25, 0.3) is 0 Å². The summed E-state index contributed by atoms with van der Waals surface area (Å²) in [4.78, 5) is 4.50. The summed E-state index contributed by atoms with van der Waals surface area (Å²) in [6, 6.07) is 8.83. The van der Waals surface area contributed by atoms with Gasteiger partial charge in [-0.2, -0.15) is 0 Å². The van der Waals surface area contributed by atoms with Crippen molar-refractivity contribution in [1.29, 1.82) is 0 Å². The van der Waals surface area contributed by atoms with Gasteiger partial charge in [-0.3, -0.25) is 0 Å². The van der Waals surface area contributed by atoms with Crippen molar-refractivity contribution in [3.63, 3.8) is 0 Å². The van der Waals surface area contributed by atoms with Crippen LogP contribution in [0, 0.1) is 0 Å². The highest BCUT2D eigenvalue weighted by atomic mass is 15.1. The number of benzene rings is 1. The van der Waals surface area contributed by atoms with Crippen molar-refractivity contribution >= 4 is 5.69 Å². The van der Waals surface area contributed by atoms with E-state index in [4.69, 9.17) is 5.73 Å². The van der Waals surface area contributed by atoms with E-state index in [1.807, 2.05) is 0 Å². The van der Waals surface area contributed by atoms with Gasteiger partial charge in [0.25, 0.3) is 0 Å². The smallest absolute Gasteiger partial charge is 0.0361 e. The van der Waals surface area contributed by atoms with Gasteiger partial charge in [-0.1, -0.05) is 12.1 Å². The summed E-state index contributed by atoms with van der Waals surface area (Å²) in [7, 11) is 6.32. The van der Waals surface area contributed by atoms with Gasteiger partial charge >= 0.3 is 0 Å². The molecule has 19 heavy (non-hydrogen) atoms. The fraction of sp³-hybridized carbons (Fsp3) is 0.625. The third kappa shape index (κ3) is 3.95. The molecular weight excluding hydrogens is 234 g/mol. The zero-order valence-corrected chi connectivity index (χ0v) is 12.5. The lowest BCUT2D eigenvalue weighted by atomic mass is 9.83. The zero-order valence-electron chi connectivity index (χ0n) is 12.5. The first-order valence-electron chi connectivity index (χ1n) is 7.22. The molecule has 1 aromatic rings. The molecule has 0 saturated carbocycles. The number of piperidine rings is 1. The number of aryl methyl sites for hydroxylation is 1. The van der Waals surface area contributed by atoms with Crippen LogP contribution in [0.1, 0.15) is 24.8 Å². The predicted molar refractivity (Wildman–Crippen MR) is 82.7 cm³/mol. The van der Waals surface area contributed by atoms with E-state index in [1.165, 1.54) is 11.3 Å². The summed E-state index contributed by atoms with van der Waals surface area (Å²) >= 11 is 0. The Hall–Kier alpha value is -1.06. The van der Waals surface area contributed by atoms with Crippen LogP contribution in [0.2, 0.25) is 0 Å². The van der Waals surface area contributed by atoms with Crippen molar-refractivity contribution in [2.75, 3.05) is 39.1 Å². The number of hydrogen-bond donors (Lipinski definition) is 1. The first-order valence-corrected chi connectivity index (χ1v) is 7.22. The van der Waals surface area contributed by atoms with E-state index in [2.05, 4.69) is 55.2 Å². The van der Waals surface area contributed by atoms with Crippen molar-refractivity contribution in [2.24, 2.45) is 5.73 Å². The normalized spacial score (nSPS) is 19.4. The van der Waals surface area contributed by atoms with Gasteiger partial charge in [0, 0.05) is 25.3 Å². The fourth-order valence-corrected chi connectivity index (χ4v) is 2.67. The van der Waals surface area contributed by atoms with E-state index >= 15 is 0 Å². The fourth-order valence-electron chi connectivity index (χ4n) is 2.67. The maximum atomic E-state index is 6.51. The van der Waals surface area contributed by atoms with Crippen LogP contribution < -0.4 is 10.6 Å². The monoisotopic (exact) mass is 261 g/mol. The molecule has 0 spiro atoms. The Morgan fingerprint density at radius 3 is 2.26 bits per heavy atom. The first kappa shape index (κ1) is 14.4. The van der Waals surface area contributed by atoms with Gasteiger partial charge in [0.2, 0.25) is 0 Å². The minimum absolute atomic E-state index is 0.0483. The number of anilines is 1. The second kappa shape index (κ2) is 5.93. The van der Waals surface area contributed by atoms with Crippen LogP contribution in [0.15, 0.2) is 24.3 Å². The summed E-state index contributed by atoms with van der Waals surface area (Å²) in [5.74, 6) is 0. The van der Waals surface area contributed by atoms with Crippen molar-refractivity contribution in [3.05, 3.63) is 29.8 Å². The molecule has 1 heterocycles. The van der Waals surface area contributed by atoms with Gasteiger partial charge in [0.1, 0.15) is 0 Å². The number of nitrogens with two attached hydrogens (primary N) is 1. The summed E-state index contributed by atoms with van der Waals surface area (Å²) in [6.45, 7) is 2.27. The van der Waals surface area contributed by atoms with Crippen molar-refractivity contribution in [3.8, 4) is 0 Å². The first-order chi connectivity index (χ1) is 8.98. The maximum absolute atomic E-state index is 6.51. The molecule has 1 aliphatic heterocycles. The lowest BCUT2D eigenvalue weighted by molar-refractivity contribution is 0.182. The van der Waals surface area contributed by atoms with E-state index in [9.17, 15) is 0 Å². The van der Waals surface area contributed by atoms with E-state index in [-0.39, 0.29) is 5.54 Å². The molecule has 0 atom stereocenters. The average molecular weight is 261 g/mol. The molecule has 3 heteroatoms. The molecule has 2 N–H and O–H groups in total. The lowest BCUT2D eigenvalue weighted by Crippen LogP contribution is -2.49. The summed E-state index contributed by atoms with van der Waals surface area (Å²) in [5.41, 5.74) is 9.21. The molecule has 0 amide bonds. The third-order valence-electron chi connectivity index (χ3n) is 4.35. The molecule has 2 rings (SSSR count). The Morgan fingerprint density at radius 2 is 1.74 bits per heavy atom. The molecule has 1 aromatic carbocycles. The molecular formula is C16H27N3. The van der Waals surface area contributed by atoms with E-state index in [0.717, 1.165) is 38.8 Å². The second-order valence-electron chi connectivity index (χ2n) is 6.23. The van der Waals surface area contributed by atoms with Crippen LogP contribution >= 0.6 is 0 Å². The van der Waals surface area contributed by atoms with Crippen molar-refractivity contribution in [2.45, 2.75) is 31.2 Å². The van der Waals surface area contributed by atoms with Gasteiger partial charge in [0.05, 0.1) is 0 Å². The summed E-state index contributed by atoms with van der Waals surface area (Å²) in [6.07, 6.45) is 4.44. The van der Waals surface area contributed by atoms with Gasteiger partial charge in [-0.25, -0.2) is 0 Å². The second-order valence-corrected chi connectivity index (χ2v) is 6.23. The summed E-state index contributed by atoms with van der Waals surface area (Å²) in [5, 5.41) is 0. The molecule has 0 aromatic heterocycles. The number of hydrogen-bond acceptors (Lipinski definition) is 3. The minimum Gasteiger partial charge on any atom is -0.378 e. The Labute approximate surface area is 117 Å². The number of rotatable bonds is 4. The van der Waals surface area contributed by atoms with Gasteiger partial charge in [0.15, 0.2) is 0 Å². The molecule has 0 bridgehead atoms. The highest BCUT2D eigenvalue weighted by Crippen LogP contribution is 2.24. The highest BCUT2D eigenvalue weighted by Gasteiger charge is 2.28. The van der Waals surface area contributed by atoms with Crippen LogP contribution in [0.4, 0.5) is 5.69 Å². The third-order valence-corrected chi connectivity index (χ3v) is 4.35. The van der Waals surface area contributed by atoms with Crippen LogP contribution in [0.5, 0.6) is 0 Å². The number of likely N-dealkylation sites (tertiary alicyclic amines) is 1. The molecule has 106 valence electrons. The number of nitrogens with zero attached hydrogens (tertiary/aromatic N) is 2. The molecule has 0 aliphatic carbocycles. The Morgan fingerprint density at radius 1 is 1.16 bits per heavy atom. The molecule has 0 radical (unpaired) electrons. The molecule has 1 saturated heterocycles. The Kier molecular flexibility index (Phi) is 4.48. The SMILES string of the molecule is CN1CCC(N)(CCc2ccc(N(C)C)cc2)CC1. The molecule has 0 unspecified atom stereocenters. The van der Waals surface area contributed by atoms with Crippen molar-refractivity contribution < 1.29 is 0 Å². The minimum atomic E-state index is 0.0483. The van der Waals surface area contributed by atoms with E-state index in [0.29, 0.717) is 0 Å². The predicted octanol–water partition coefficient (Wildman–Crippen LogP) is 2.11. The van der Waals surface area contributed by atoms with E-state index < -0.39 is 0 Å². The standard InChI is InChI=1S/C16H27N3/c1-18(2)15-6-4-14(5-7-15)8-9-16(17)10-12-19(3)13-11-16/h4-7H,8-13,17H2,1-3H3. The molecule has 1 aliphatic rings. The average Bonchev–Trinajstić information content (AvgIpc) is 2.41. The van der Waals surface area contributed by atoms with Gasteiger partial charge in [-0.15, -0.1) is 0 Å². The zero-order chi connectivity index (χ0) is 13.9. The Balaban J connectivity index is 1.88. The topological polar surface area (TPSA) is 32.5 Å². The van der Waals surface area contributed by atoms with E-state index in [1.54, 1.807) is 0 Å². The molecule has 3 nitrogen and oxygen atoms in total. The van der Waals surface area contributed by atoms with Gasteiger partial charge in [-0.05, 0) is 63.5 Å². The van der Waals surface area contributed by atoms with Gasteiger partial charge < -0.3 is 15.5 Å². The highest BCUT2D eigenvalue weighted by molar-refractivity contribution is 5.46. The Bertz CT molecular complexity index is 389. The van der Waals surface area contributed by atoms with Crippen LogP contribution in [-0.4, -0.2) is 44.7 Å². The maximum Gasteiger partial charge on any atom is 0.0361 e. The molecule has 1 fully saturated rings.